The highest BCUT2D eigenvalue weighted by molar-refractivity contribution is 7.89. The molecule has 9 heteroatoms. The molecule has 0 radical (unpaired) electrons. The van der Waals surface area contributed by atoms with E-state index in [0.717, 1.165) is 7.05 Å². The van der Waals surface area contributed by atoms with Gasteiger partial charge in [0.25, 0.3) is 0 Å². The minimum atomic E-state index is -4.41. The van der Waals surface area contributed by atoms with Crippen LogP contribution in [0.3, 0.4) is 0 Å². The van der Waals surface area contributed by atoms with Crippen molar-refractivity contribution in [3.05, 3.63) is 29.3 Å². The number of hydrogen-bond acceptors (Lipinski definition) is 4. The number of sulfonamides is 1. The van der Waals surface area contributed by atoms with Crippen LogP contribution < -0.4 is 0 Å². The zero-order chi connectivity index (χ0) is 16.6. The summed E-state index contributed by atoms with van der Waals surface area (Å²) in [4.78, 5) is 9.83. The van der Waals surface area contributed by atoms with Gasteiger partial charge in [0.1, 0.15) is 16.3 Å². The van der Waals surface area contributed by atoms with E-state index in [0.29, 0.717) is 16.4 Å². The highest BCUT2D eigenvalue weighted by Gasteiger charge is 2.32. The van der Waals surface area contributed by atoms with Gasteiger partial charge in [0, 0.05) is 13.6 Å². The average Bonchev–Trinajstić information content (AvgIpc) is 2.25. The summed E-state index contributed by atoms with van der Waals surface area (Å²) in [7, 11) is -3.31. The van der Waals surface area contributed by atoms with Crippen LogP contribution in [-0.2, 0) is 10.0 Å². The van der Waals surface area contributed by atoms with E-state index in [2.05, 4.69) is 0 Å². The van der Waals surface area contributed by atoms with Crippen LogP contribution in [0.4, 0.5) is 8.78 Å². The number of carboxylic acids is 1. The van der Waals surface area contributed by atoms with Crippen LogP contribution >= 0.6 is 0 Å². The largest absolute Gasteiger partial charge is 0.477 e. The molecule has 0 spiro atoms. The molecule has 1 rings (SSSR count). The molecule has 2 N–H and O–H groups in total. The summed E-state index contributed by atoms with van der Waals surface area (Å²) >= 11 is 0. The van der Waals surface area contributed by atoms with Crippen LogP contribution in [0.15, 0.2) is 17.0 Å². The van der Waals surface area contributed by atoms with Crippen molar-refractivity contribution in [3.8, 4) is 0 Å². The first-order valence-electron chi connectivity index (χ1n) is 5.78. The fourth-order valence-corrected chi connectivity index (χ4v) is 3.12. The lowest BCUT2D eigenvalue weighted by molar-refractivity contribution is 0.0636. The number of aliphatic hydroxyl groups is 1. The maximum absolute atomic E-state index is 14.0. The van der Waals surface area contributed by atoms with Gasteiger partial charge in [-0.05, 0) is 26.0 Å². The highest BCUT2D eigenvalue weighted by atomic mass is 32.2. The summed E-state index contributed by atoms with van der Waals surface area (Å²) in [6, 6.07) is 1.21. The maximum atomic E-state index is 14.0. The van der Waals surface area contributed by atoms with Crippen LogP contribution in [0.2, 0.25) is 0 Å². The van der Waals surface area contributed by atoms with Crippen molar-refractivity contribution in [3.63, 3.8) is 0 Å². The molecule has 0 aromatic heterocycles. The van der Waals surface area contributed by atoms with Gasteiger partial charge in [0.15, 0.2) is 5.82 Å². The van der Waals surface area contributed by atoms with Gasteiger partial charge in [-0.3, -0.25) is 0 Å². The Balaban J connectivity index is 3.40. The molecule has 0 aliphatic carbocycles. The number of carboxylic acid groups (broad SMARTS) is 1. The summed E-state index contributed by atoms with van der Waals surface area (Å²) in [5.74, 6) is -4.96. The smallest absolute Gasteiger partial charge is 0.341 e. The fourth-order valence-electron chi connectivity index (χ4n) is 1.73. The summed E-state index contributed by atoms with van der Waals surface area (Å²) < 4.78 is 52.3. The predicted octanol–water partition coefficient (Wildman–Crippen LogP) is 1.05. The Morgan fingerprint density at radius 2 is 1.86 bits per heavy atom. The highest BCUT2D eigenvalue weighted by Crippen LogP contribution is 2.24. The summed E-state index contributed by atoms with van der Waals surface area (Å²) in [6.07, 6.45) is 0. The number of aromatic carboxylic acids is 1. The van der Waals surface area contributed by atoms with E-state index < -0.39 is 43.7 Å². The third-order valence-electron chi connectivity index (χ3n) is 2.57. The number of rotatable bonds is 5. The second kappa shape index (κ2) is 5.66. The van der Waals surface area contributed by atoms with E-state index >= 15 is 0 Å². The van der Waals surface area contributed by atoms with E-state index in [4.69, 9.17) is 5.11 Å². The molecule has 21 heavy (non-hydrogen) atoms. The van der Waals surface area contributed by atoms with Gasteiger partial charge >= 0.3 is 5.97 Å². The first kappa shape index (κ1) is 17.5. The molecular weight excluding hydrogens is 308 g/mol. The van der Waals surface area contributed by atoms with Crippen molar-refractivity contribution in [2.45, 2.75) is 24.3 Å². The number of hydrogen-bond donors (Lipinski definition) is 2. The normalized spacial score (nSPS) is 12.7. The van der Waals surface area contributed by atoms with E-state index in [1.807, 2.05) is 0 Å². The van der Waals surface area contributed by atoms with Crippen molar-refractivity contribution in [1.29, 1.82) is 0 Å². The maximum Gasteiger partial charge on any atom is 0.341 e. The SMILES string of the molecule is CN(CC(C)(C)O)S(=O)(=O)c1ccc(F)c(C(=O)O)c1F. The molecule has 0 amide bonds. The fraction of sp³-hybridized carbons (Fsp3) is 0.417. The second-order valence-corrected chi connectivity index (χ2v) is 7.13. The predicted molar refractivity (Wildman–Crippen MR) is 69.4 cm³/mol. The summed E-state index contributed by atoms with van der Waals surface area (Å²) in [5, 5.41) is 18.3. The number of likely N-dealkylation sites (N-methyl/N-ethyl adjacent to an activating group) is 1. The topological polar surface area (TPSA) is 94.9 Å². The Morgan fingerprint density at radius 3 is 2.29 bits per heavy atom. The zero-order valence-corrected chi connectivity index (χ0v) is 12.4. The number of nitrogens with zero attached hydrogens (tertiary/aromatic N) is 1. The molecule has 0 fully saturated rings. The zero-order valence-electron chi connectivity index (χ0n) is 11.6. The number of halogens is 2. The lowest BCUT2D eigenvalue weighted by Crippen LogP contribution is -2.40. The van der Waals surface area contributed by atoms with Gasteiger partial charge in [0.05, 0.1) is 5.60 Å². The van der Waals surface area contributed by atoms with Crippen LogP contribution in [0.1, 0.15) is 24.2 Å². The van der Waals surface area contributed by atoms with Crippen molar-refractivity contribution >= 4 is 16.0 Å². The van der Waals surface area contributed by atoms with Gasteiger partial charge in [-0.15, -0.1) is 0 Å². The minimum absolute atomic E-state index is 0.353. The molecule has 0 atom stereocenters. The molecule has 0 aliphatic rings. The standard InChI is InChI=1S/C12H15F2NO5S/c1-12(2,18)6-15(3)21(19,20)8-5-4-7(13)9(10(8)14)11(16)17/h4-5,18H,6H2,1-3H3,(H,16,17). The summed E-state index contributed by atoms with van der Waals surface area (Å²) in [5.41, 5.74) is -2.72. The van der Waals surface area contributed by atoms with E-state index in [1.54, 1.807) is 0 Å². The van der Waals surface area contributed by atoms with E-state index in [-0.39, 0.29) is 6.54 Å². The molecule has 0 bridgehead atoms. The molecule has 6 nitrogen and oxygen atoms in total. The number of benzene rings is 1. The first-order chi connectivity index (χ1) is 9.38. The molecule has 0 saturated carbocycles. The first-order valence-corrected chi connectivity index (χ1v) is 7.22. The van der Waals surface area contributed by atoms with Gasteiger partial charge < -0.3 is 10.2 Å². The second-order valence-electron chi connectivity index (χ2n) is 5.11. The van der Waals surface area contributed by atoms with E-state index in [1.165, 1.54) is 13.8 Å². The molecule has 118 valence electrons. The molecule has 0 aliphatic heterocycles. The molecule has 0 saturated heterocycles. The van der Waals surface area contributed by atoms with E-state index in [9.17, 15) is 27.1 Å². The van der Waals surface area contributed by atoms with Crippen LogP contribution in [0.25, 0.3) is 0 Å². The molecule has 0 heterocycles. The van der Waals surface area contributed by atoms with Gasteiger partial charge in [-0.1, -0.05) is 0 Å². The molecule has 0 unspecified atom stereocenters. The number of carbonyl (C=O) groups is 1. The molecular formula is C12H15F2NO5S. The average molecular weight is 323 g/mol. The van der Waals surface area contributed by atoms with Crippen molar-refractivity contribution in [2.24, 2.45) is 0 Å². The van der Waals surface area contributed by atoms with Crippen molar-refractivity contribution in [1.82, 2.24) is 4.31 Å². The third kappa shape index (κ3) is 3.74. The molecule has 1 aromatic rings. The van der Waals surface area contributed by atoms with Crippen molar-refractivity contribution in [2.75, 3.05) is 13.6 Å². The Labute approximate surface area is 120 Å². The lowest BCUT2D eigenvalue weighted by Gasteiger charge is -2.25. The lowest BCUT2D eigenvalue weighted by atomic mass is 10.1. The van der Waals surface area contributed by atoms with Crippen molar-refractivity contribution < 1.29 is 32.2 Å². The Morgan fingerprint density at radius 1 is 1.33 bits per heavy atom. The van der Waals surface area contributed by atoms with Gasteiger partial charge in [-0.25, -0.2) is 22.0 Å². The third-order valence-corrected chi connectivity index (χ3v) is 4.39. The Bertz CT molecular complexity index is 667. The molecule has 1 aromatic carbocycles. The monoisotopic (exact) mass is 323 g/mol. The van der Waals surface area contributed by atoms with Crippen LogP contribution in [0.5, 0.6) is 0 Å². The minimum Gasteiger partial charge on any atom is -0.477 e. The quantitative estimate of drug-likeness (QED) is 0.845. The van der Waals surface area contributed by atoms with Crippen LogP contribution in [-0.4, -0.2) is 48.1 Å². The summed E-state index contributed by atoms with van der Waals surface area (Å²) in [6.45, 7) is 2.35. The van der Waals surface area contributed by atoms with Crippen LogP contribution in [0, 0.1) is 11.6 Å². The van der Waals surface area contributed by atoms with Gasteiger partial charge in [0.2, 0.25) is 10.0 Å². The Hall–Kier alpha value is -1.58. The Kier molecular flexibility index (Phi) is 4.71. The van der Waals surface area contributed by atoms with Gasteiger partial charge in [-0.2, -0.15) is 4.31 Å².